The van der Waals surface area contributed by atoms with Gasteiger partial charge in [-0.1, -0.05) is 0 Å². The molecule has 7 heteroatoms. The zero-order chi connectivity index (χ0) is 13.2. The van der Waals surface area contributed by atoms with Crippen molar-refractivity contribution in [2.75, 3.05) is 19.6 Å². The Balaban J connectivity index is 1.71. The molecule has 19 heavy (non-hydrogen) atoms. The van der Waals surface area contributed by atoms with Gasteiger partial charge in [-0.25, -0.2) is 0 Å². The summed E-state index contributed by atoms with van der Waals surface area (Å²) < 4.78 is 6.81. The molecule has 0 bridgehead atoms. The third-order valence-electron chi connectivity index (χ3n) is 3.23. The van der Waals surface area contributed by atoms with Crippen molar-refractivity contribution >= 4 is 27.3 Å². The monoisotopic (exact) mass is 342 g/mol. The van der Waals surface area contributed by atoms with E-state index in [9.17, 15) is 0 Å². The van der Waals surface area contributed by atoms with Crippen LogP contribution in [0.5, 0.6) is 0 Å². The van der Waals surface area contributed by atoms with Crippen molar-refractivity contribution in [3.05, 3.63) is 21.8 Å². The van der Waals surface area contributed by atoms with Gasteiger partial charge in [-0.15, -0.1) is 21.5 Å². The lowest BCUT2D eigenvalue weighted by atomic mass is 10.2. The molecular formula is C12H15BrN4OS. The first kappa shape index (κ1) is 13.2. The van der Waals surface area contributed by atoms with Gasteiger partial charge < -0.3 is 9.73 Å². The smallest absolute Gasteiger partial charge is 0.257 e. The van der Waals surface area contributed by atoms with Crippen molar-refractivity contribution < 1.29 is 4.42 Å². The van der Waals surface area contributed by atoms with Crippen LogP contribution in [0.1, 0.15) is 12.8 Å². The van der Waals surface area contributed by atoms with Gasteiger partial charge in [0.15, 0.2) is 0 Å². The molecule has 1 aliphatic heterocycles. The number of aromatic nitrogens is 2. The minimum Gasteiger partial charge on any atom is -0.419 e. The van der Waals surface area contributed by atoms with Crippen molar-refractivity contribution in [3.8, 4) is 10.8 Å². The first-order valence-corrected chi connectivity index (χ1v) is 7.86. The van der Waals surface area contributed by atoms with E-state index < -0.39 is 0 Å². The quantitative estimate of drug-likeness (QED) is 0.927. The van der Waals surface area contributed by atoms with Crippen molar-refractivity contribution in [3.63, 3.8) is 0 Å². The van der Waals surface area contributed by atoms with Gasteiger partial charge in [0.25, 0.3) is 5.89 Å². The topological polar surface area (TPSA) is 54.2 Å². The third-order valence-corrected chi connectivity index (χ3v) is 4.84. The van der Waals surface area contributed by atoms with Gasteiger partial charge in [0.2, 0.25) is 5.89 Å². The Morgan fingerprint density at radius 2 is 2.42 bits per heavy atom. The summed E-state index contributed by atoms with van der Waals surface area (Å²) in [4.78, 5) is 3.36. The summed E-state index contributed by atoms with van der Waals surface area (Å²) in [7, 11) is 0. The largest absolute Gasteiger partial charge is 0.419 e. The molecule has 0 unspecified atom stereocenters. The van der Waals surface area contributed by atoms with E-state index in [2.05, 4.69) is 43.3 Å². The van der Waals surface area contributed by atoms with Crippen molar-refractivity contribution in [2.45, 2.75) is 19.5 Å². The fourth-order valence-corrected chi connectivity index (χ4v) is 3.45. The van der Waals surface area contributed by atoms with Crippen molar-refractivity contribution in [2.24, 2.45) is 0 Å². The Kier molecular flexibility index (Phi) is 3.97. The zero-order valence-electron chi connectivity index (χ0n) is 10.6. The van der Waals surface area contributed by atoms with E-state index in [4.69, 9.17) is 4.42 Å². The fraction of sp³-hybridized carbons (Fsp3) is 0.500. The number of piperazine rings is 1. The van der Waals surface area contributed by atoms with Crippen molar-refractivity contribution in [1.29, 1.82) is 0 Å². The maximum atomic E-state index is 5.74. The molecule has 3 heterocycles. The van der Waals surface area contributed by atoms with Crippen LogP contribution in [-0.2, 0) is 6.54 Å². The minimum absolute atomic E-state index is 0.500. The summed E-state index contributed by atoms with van der Waals surface area (Å²) in [5, 5.41) is 11.6. The van der Waals surface area contributed by atoms with Crippen LogP contribution in [0.3, 0.4) is 0 Å². The van der Waals surface area contributed by atoms with Crippen LogP contribution in [0.25, 0.3) is 10.8 Å². The second kappa shape index (κ2) is 5.70. The van der Waals surface area contributed by atoms with Gasteiger partial charge in [0.1, 0.15) is 0 Å². The lowest BCUT2D eigenvalue weighted by Crippen LogP contribution is -2.49. The number of hydrogen-bond donors (Lipinski definition) is 1. The Labute approximate surface area is 124 Å². The van der Waals surface area contributed by atoms with Crippen LogP contribution >= 0.6 is 27.3 Å². The highest BCUT2D eigenvalue weighted by Crippen LogP contribution is 2.30. The summed E-state index contributed by atoms with van der Waals surface area (Å²) >= 11 is 5.03. The number of hydrogen-bond acceptors (Lipinski definition) is 6. The standard InChI is InChI=1S/C12H15BrN4OS/c1-8-6-14-4-5-17(8)7-11-15-16-12(18-11)9-2-3-10(13)19-9/h2-3,8,14H,4-7H2,1H3/t8-/m1/s1. The van der Waals surface area contributed by atoms with Crippen LogP contribution in [-0.4, -0.2) is 40.8 Å². The SMILES string of the molecule is C[C@@H]1CNCCN1Cc1nnc(-c2ccc(Br)s2)o1. The zero-order valence-corrected chi connectivity index (χ0v) is 13.0. The summed E-state index contributed by atoms with van der Waals surface area (Å²) in [5.41, 5.74) is 0. The third kappa shape index (κ3) is 3.05. The molecule has 3 rings (SSSR count). The van der Waals surface area contributed by atoms with Crippen LogP contribution in [0.2, 0.25) is 0 Å². The first-order valence-electron chi connectivity index (χ1n) is 6.25. The average molecular weight is 343 g/mol. The summed E-state index contributed by atoms with van der Waals surface area (Å²) in [6.07, 6.45) is 0. The van der Waals surface area contributed by atoms with E-state index in [1.807, 2.05) is 12.1 Å². The van der Waals surface area contributed by atoms with Crippen LogP contribution in [0.4, 0.5) is 0 Å². The molecule has 0 radical (unpaired) electrons. The Bertz CT molecular complexity index is 555. The second-order valence-electron chi connectivity index (χ2n) is 4.63. The molecule has 102 valence electrons. The van der Waals surface area contributed by atoms with Gasteiger partial charge >= 0.3 is 0 Å². The molecule has 1 aliphatic rings. The molecule has 2 aromatic rings. The van der Waals surface area contributed by atoms with E-state index >= 15 is 0 Å². The van der Waals surface area contributed by atoms with E-state index in [0.29, 0.717) is 17.8 Å². The number of thiophene rings is 1. The van der Waals surface area contributed by atoms with Gasteiger partial charge in [-0.2, -0.15) is 0 Å². The maximum Gasteiger partial charge on any atom is 0.257 e. The predicted octanol–water partition coefficient (Wildman–Crippen LogP) is 2.35. The molecular weight excluding hydrogens is 328 g/mol. The highest BCUT2D eigenvalue weighted by molar-refractivity contribution is 9.11. The van der Waals surface area contributed by atoms with Gasteiger partial charge in [0, 0.05) is 25.7 Å². The molecule has 0 aromatic carbocycles. The predicted molar refractivity (Wildman–Crippen MR) is 78.1 cm³/mol. The van der Waals surface area contributed by atoms with Gasteiger partial charge in [-0.3, -0.25) is 4.90 Å². The summed E-state index contributed by atoms with van der Waals surface area (Å²) in [6, 6.07) is 4.47. The molecule has 1 saturated heterocycles. The first-order chi connectivity index (χ1) is 9.22. The molecule has 5 nitrogen and oxygen atoms in total. The lowest BCUT2D eigenvalue weighted by molar-refractivity contribution is 0.151. The highest BCUT2D eigenvalue weighted by atomic mass is 79.9. The van der Waals surface area contributed by atoms with Crippen molar-refractivity contribution in [1.82, 2.24) is 20.4 Å². The molecule has 1 N–H and O–H groups in total. The second-order valence-corrected chi connectivity index (χ2v) is 7.09. The Morgan fingerprint density at radius 3 is 3.16 bits per heavy atom. The Hall–Kier alpha value is -0.760. The van der Waals surface area contributed by atoms with Crippen LogP contribution in [0, 0.1) is 0 Å². The van der Waals surface area contributed by atoms with E-state index in [-0.39, 0.29) is 0 Å². The molecule has 0 amide bonds. The lowest BCUT2D eigenvalue weighted by Gasteiger charge is -2.32. The number of rotatable bonds is 3. The van der Waals surface area contributed by atoms with Gasteiger partial charge in [-0.05, 0) is 35.0 Å². The number of nitrogens with zero attached hydrogens (tertiary/aromatic N) is 3. The maximum absolute atomic E-state index is 5.74. The Morgan fingerprint density at radius 1 is 1.53 bits per heavy atom. The highest BCUT2D eigenvalue weighted by Gasteiger charge is 2.20. The molecule has 1 atom stereocenters. The average Bonchev–Trinajstić information content (AvgIpc) is 3.01. The van der Waals surface area contributed by atoms with Crippen LogP contribution < -0.4 is 5.32 Å². The van der Waals surface area contributed by atoms with E-state index in [1.165, 1.54) is 0 Å². The van der Waals surface area contributed by atoms with Gasteiger partial charge in [0.05, 0.1) is 15.2 Å². The molecule has 1 fully saturated rings. The molecule has 0 aliphatic carbocycles. The summed E-state index contributed by atoms with van der Waals surface area (Å²) in [6.45, 7) is 5.98. The minimum atomic E-state index is 0.500. The molecule has 0 spiro atoms. The molecule has 2 aromatic heterocycles. The van der Waals surface area contributed by atoms with E-state index in [1.54, 1.807) is 11.3 Å². The number of nitrogens with one attached hydrogen (secondary N) is 1. The normalized spacial score (nSPS) is 20.8. The number of halogens is 1. The van der Waals surface area contributed by atoms with Crippen LogP contribution in [0.15, 0.2) is 20.3 Å². The fourth-order valence-electron chi connectivity index (χ4n) is 2.14. The summed E-state index contributed by atoms with van der Waals surface area (Å²) in [5.74, 6) is 1.29. The van der Waals surface area contributed by atoms with E-state index in [0.717, 1.165) is 34.8 Å². The molecule has 0 saturated carbocycles.